The summed E-state index contributed by atoms with van der Waals surface area (Å²) < 4.78 is 5.49. The molecule has 1 heterocycles. The zero-order valence-electron chi connectivity index (χ0n) is 9.78. The summed E-state index contributed by atoms with van der Waals surface area (Å²) in [5.74, 6) is 0. The molecule has 0 saturated heterocycles. The molecule has 1 aromatic rings. The molecule has 1 unspecified atom stereocenters. The summed E-state index contributed by atoms with van der Waals surface area (Å²) in [5.41, 5.74) is 2.64. The predicted molar refractivity (Wildman–Crippen MR) is 66.1 cm³/mol. The molecular formula is C14H19NO. The van der Waals surface area contributed by atoms with E-state index in [-0.39, 0.29) is 0 Å². The number of nitrogens with one attached hydrogen (secondary N) is 1. The van der Waals surface area contributed by atoms with Crippen LogP contribution in [0.5, 0.6) is 0 Å². The van der Waals surface area contributed by atoms with Crippen LogP contribution in [0.25, 0.3) is 0 Å². The van der Waals surface area contributed by atoms with Crippen LogP contribution in [0.4, 0.5) is 0 Å². The lowest BCUT2D eigenvalue weighted by Gasteiger charge is -2.19. The lowest BCUT2D eigenvalue weighted by atomic mass is 10.1. The topological polar surface area (TPSA) is 21.3 Å². The van der Waals surface area contributed by atoms with Crippen molar-refractivity contribution in [3.63, 3.8) is 0 Å². The molecule has 1 aliphatic rings. The van der Waals surface area contributed by atoms with E-state index in [4.69, 9.17) is 4.74 Å². The van der Waals surface area contributed by atoms with Gasteiger partial charge in [0.15, 0.2) is 0 Å². The molecule has 0 spiro atoms. The SMILES string of the molecule is Cc1ccc(CNCC2CCC=CO2)cc1. The fraction of sp³-hybridized carbons (Fsp3) is 0.429. The maximum atomic E-state index is 5.49. The summed E-state index contributed by atoms with van der Waals surface area (Å²) >= 11 is 0. The first-order valence-electron chi connectivity index (χ1n) is 5.91. The molecule has 86 valence electrons. The Morgan fingerprint density at radius 3 is 2.81 bits per heavy atom. The van der Waals surface area contributed by atoms with Crippen molar-refractivity contribution in [2.24, 2.45) is 0 Å². The minimum absolute atomic E-state index is 0.343. The van der Waals surface area contributed by atoms with Crippen molar-refractivity contribution in [1.82, 2.24) is 5.32 Å². The predicted octanol–water partition coefficient (Wildman–Crippen LogP) is 2.78. The van der Waals surface area contributed by atoms with Gasteiger partial charge >= 0.3 is 0 Å². The molecule has 0 aromatic heterocycles. The van der Waals surface area contributed by atoms with Crippen molar-refractivity contribution in [2.45, 2.75) is 32.4 Å². The quantitative estimate of drug-likeness (QED) is 0.837. The van der Waals surface area contributed by atoms with Crippen LogP contribution >= 0.6 is 0 Å². The monoisotopic (exact) mass is 217 g/mol. The van der Waals surface area contributed by atoms with Gasteiger partial charge in [-0.1, -0.05) is 29.8 Å². The molecule has 0 aliphatic carbocycles. The van der Waals surface area contributed by atoms with Crippen LogP contribution < -0.4 is 5.32 Å². The molecule has 0 bridgehead atoms. The van der Waals surface area contributed by atoms with E-state index in [1.54, 1.807) is 0 Å². The summed E-state index contributed by atoms with van der Waals surface area (Å²) in [5, 5.41) is 3.43. The Hall–Kier alpha value is -1.28. The third-order valence-electron chi connectivity index (χ3n) is 2.84. The number of hydrogen-bond donors (Lipinski definition) is 1. The Morgan fingerprint density at radius 2 is 2.12 bits per heavy atom. The van der Waals surface area contributed by atoms with Crippen LogP contribution in [0.3, 0.4) is 0 Å². The molecule has 1 N–H and O–H groups in total. The Morgan fingerprint density at radius 1 is 1.31 bits per heavy atom. The fourth-order valence-corrected chi connectivity index (χ4v) is 1.82. The number of hydrogen-bond acceptors (Lipinski definition) is 2. The Balaban J connectivity index is 1.71. The van der Waals surface area contributed by atoms with Crippen LogP contribution in [-0.4, -0.2) is 12.6 Å². The second kappa shape index (κ2) is 5.71. The summed E-state index contributed by atoms with van der Waals surface area (Å²) in [6, 6.07) is 8.64. The molecule has 16 heavy (non-hydrogen) atoms. The smallest absolute Gasteiger partial charge is 0.110 e. The van der Waals surface area contributed by atoms with Crippen molar-refractivity contribution in [2.75, 3.05) is 6.54 Å². The Bertz CT molecular complexity index is 342. The number of ether oxygens (including phenoxy) is 1. The van der Waals surface area contributed by atoms with Gasteiger partial charge in [-0.25, -0.2) is 0 Å². The van der Waals surface area contributed by atoms with Crippen LogP contribution in [0.1, 0.15) is 24.0 Å². The number of rotatable bonds is 4. The van der Waals surface area contributed by atoms with Crippen molar-refractivity contribution < 1.29 is 4.74 Å². The number of aryl methyl sites for hydroxylation is 1. The number of benzene rings is 1. The van der Waals surface area contributed by atoms with Gasteiger partial charge in [-0.15, -0.1) is 0 Å². The van der Waals surface area contributed by atoms with Crippen LogP contribution in [-0.2, 0) is 11.3 Å². The van der Waals surface area contributed by atoms with E-state index in [0.717, 1.165) is 25.9 Å². The minimum Gasteiger partial charge on any atom is -0.497 e. The fourth-order valence-electron chi connectivity index (χ4n) is 1.82. The minimum atomic E-state index is 0.343. The second-order valence-electron chi connectivity index (χ2n) is 4.32. The summed E-state index contributed by atoms with van der Waals surface area (Å²) in [7, 11) is 0. The highest BCUT2D eigenvalue weighted by Gasteiger charge is 2.09. The molecule has 1 aliphatic heterocycles. The molecule has 0 fully saturated rings. The summed E-state index contributed by atoms with van der Waals surface area (Å²) in [4.78, 5) is 0. The van der Waals surface area contributed by atoms with Gasteiger partial charge in [-0.05, 0) is 31.4 Å². The van der Waals surface area contributed by atoms with Crippen molar-refractivity contribution in [3.8, 4) is 0 Å². The van der Waals surface area contributed by atoms with E-state index in [2.05, 4.69) is 42.6 Å². The van der Waals surface area contributed by atoms with Gasteiger partial charge < -0.3 is 10.1 Å². The maximum absolute atomic E-state index is 5.49. The van der Waals surface area contributed by atoms with Gasteiger partial charge in [0.2, 0.25) is 0 Å². The second-order valence-corrected chi connectivity index (χ2v) is 4.32. The third kappa shape index (κ3) is 3.38. The first-order chi connectivity index (χ1) is 7.84. The standard InChI is InChI=1S/C14H19NO/c1-12-5-7-13(8-6-12)10-15-11-14-4-2-3-9-16-14/h3,5-9,14-15H,2,4,10-11H2,1H3. The van der Waals surface area contributed by atoms with Gasteiger partial charge in [0.05, 0.1) is 6.26 Å². The van der Waals surface area contributed by atoms with Crippen LogP contribution in [0, 0.1) is 6.92 Å². The summed E-state index contributed by atoms with van der Waals surface area (Å²) in [6.07, 6.45) is 6.50. The molecule has 2 rings (SSSR count). The van der Waals surface area contributed by atoms with E-state index >= 15 is 0 Å². The number of allylic oxidation sites excluding steroid dienone is 1. The molecule has 2 heteroatoms. The highest BCUT2D eigenvalue weighted by Crippen LogP contribution is 2.09. The molecular weight excluding hydrogens is 198 g/mol. The Kier molecular flexibility index (Phi) is 4.00. The third-order valence-corrected chi connectivity index (χ3v) is 2.84. The van der Waals surface area contributed by atoms with Gasteiger partial charge in [0.1, 0.15) is 6.10 Å². The van der Waals surface area contributed by atoms with E-state index in [1.165, 1.54) is 11.1 Å². The van der Waals surface area contributed by atoms with Crippen LogP contribution in [0.2, 0.25) is 0 Å². The van der Waals surface area contributed by atoms with E-state index in [0.29, 0.717) is 6.10 Å². The van der Waals surface area contributed by atoms with Gasteiger partial charge in [-0.3, -0.25) is 0 Å². The molecule has 2 nitrogen and oxygen atoms in total. The van der Waals surface area contributed by atoms with Crippen molar-refractivity contribution in [1.29, 1.82) is 0 Å². The first-order valence-corrected chi connectivity index (χ1v) is 5.91. The normalized spacial score (nSPS) is 19.4. The van der Waals surface area contributed by atoms with E-state index in [1.807, 2.05) is 6.26 Å². The molecule has 0 amide bonds. The highest BCUT2D eigenvalue weighted by molar-refractivity contribution is 5.21. The van der Waals surface area contributed by atoms with Crippen LogP contribution in [0.15, 0.2) is 36.6 Å². The lowest BCUT2D eigenvalue weighted by molar-refractivity contribution is 0.122. The highest BCUT2D eigenvalue weighted by atomic mass is 16.5. The molecule has 0 radical (unpaired) electrons. The largest absolute Gasteiger partial charge is 0.497 e. The van der Waals surface area contributed by atoms with Gasteiger partial charge in [0.25, 0.3) is 0 Å². The Labute approximate surface area is 97.3 Å². The van der Waals surface area contributed by atoms with Gasteiger partial charge in [-0.2, -0.15) is 0 Å². The zero-order chi connectivity index (χ0) is 11.2. The first kappa shape index (κ1) is 11.2. The molecule has 0 saturated carbocycles. The average Bonchev–Trinajstić information content (AvgIpc) is 2.33. The lowest BCUT2D eigenvalue weighted by Crippen LogP contribution is -2.28. The van der Waals surface area contributed by atoms with Crippen molar-refractivity contribution in [3.05, 3.63) is 47.7 Å². The van der Waals surface area contributed by atoms with Crippen molar-refractivity contribution >= 4 is 0 Å². The zero-order valence-corrected chi connectivity index (χ0v) is 9.78. The average molecular weight is 217 g/mol. The molecule has 1 aromatic carbocycles. The molecule has 1 atom stereocenters. The van der Waals surface area contributed by atoms with E-state index < -0.39 is 0 Å². The van der Waals surface area contributed by atoms with Gasteiger partial charge in [0, 0.05) is 13.1 Å². The van der Waals surface area contributed by atoms with E-state index in [9.17, 15) is 0 Å². The summed E-state index contributed by atoms with van der Waals surface area (Å²) in [6.45, 7) is 3.96. The maximum Gasteiger partial charge on any atom is 0.110 e.